The molecule has 0 aromatic carbocycles. The Kier molecular flexibility index (Phi) is 3.59. The number of rotatable bonds is 3. The zero-order chi connectivity index (χ0) is 12.4. The summed E-state index contributed by atoms with van der Waals surface area (Å²) in [5.74, 6) is 0.514. The van der Waals surface area contributed by atoms with Gasteiger partial charge in [0.05, 0.1) is 6.61 Å². The molecule has 1 aromatic heterocycles. The highest BCUT2D eigenvalue weighted by atomic mass is 16.5. The first-order valence-electron chi connectivity index (χ1n) is 5.92. The second-order valence-electron chi connectivity index (χ2n) is 4.39. The Morgan fingerprint density at radius 3 is 3.06 bits per heavy atom. The number of nitrogens with zero attached hydrogens (tertiary/aromatic N) is 2. The lowest BCUT2D eigenvalue weighted by Gasteiger charge is -2.23. The molecule has 0 saturated carbocycles. The lowest BCUT2D eigenvalue weighted by molar-refractivity contribution is 0.129. The van der Waals surface area contributed by atoms with Crippen LogP contribution in [0.1, 0.15) is 36.0 Å². The molecule has 17 heavy (non-hydrogen) atoms. The number of fused-ring (bicyclic) bond motifs is 1. The summed E-state index contributed by atoms with van der Waals surface area (Å²) in [4.78, 5) is 16.6. The maximum absolute atomic E-state index is 12.2. The number of hydrogen-bond donors (Lipinski definition) is 1. The van der Waals surface area contributed by atoms with Crippen LogP contribution in [0, 0.1) is 6.92 Å². The average Bonchev–Trinajstić information content (AvgIpc) is 2.31. The molecule has 2 heterocycles. The molecule has 1 aliphatic rings. The Balaban J connectivity index is 2.47. The van der Waals surface area contributed by atoms with Crippen molar-refractivity contribution in [2.45, 2.75) is 38.8 Å². The van der Waals surface area contributed by atoms with E-state index in [2.05, 4.69) is 4.98 Å². The van der Waals surface area contributed by atoms with Gasteiger partial charge in [-0.05, 0) is 19.8 Å². The lowest BCUT2D eigenvalue weighted by Crippen LogP contribution is -2.34. The second kappa shape index (κ2) is 4.98. The standard InChI is InChI=1S/C12H18N2O3/c1-8-9(5-7-17-2)12(16)14-6-3-4-10(15)11(14)13-8/h10,15H,3-7H2,1-2H3. The number of ether oxygens (including phenoxy) is 1. The van der Waals surface area contributed by atoms with Gasteiger partial charge < -0.3 is 9.84 Å². The predicted octanol–water partition coefficient (Wildman–Crippen LogP) is 0.568. The third kappa shape index (κ3) is 2.25. The van der Waals surface area contributed by atoms with Crippen molar-refractivity contribution in [3.05, 3.63) is 27.4 Å². The summed E-state index contributed by atoms with van der Waals surface area (Å²) in [6, 6.07) is 0. The largest absolute Gasteiger partial charge is 0.385 e. The minimum absolute atomic E-state index is 0.0247. The fourth-order valence-corrected chi connectivity index (χ4v) is 2.26. The van der Waals surface area contributed by atoms with E-state index in [0.717, 1.165) is 6.42 Å². The predicted molar refractivity (Wildman–Crippen MR) is 63.0 cm³/mol. The molecule has 2 rings (SSSR count). The van der Waals surface area contributed by atoms with Crippen LogP contribution in [0.15, 0.2) is 4.79 Å². The monoisotopic (exact) mass is 238 g/mol. The first-order valence-corrected chi connectivity index (χ1v) is 5.92. The average molecular weight is 238 g/mol. The van der Waals surface area contributed by atoms with Crippen LogP contribution in [-0.2, 0) is 17.7 Å². The Morgan fingerprint density at radius 1 is 1.59 bits per heavy atom. The van der Waals surface area contributed by atoms with E-state index in [1.807, 2.05) is 6.92 Å². The van der Waals surface area contributed by atoms with Crippen LogP contribution < -0.4 is 5.56 Å². The van der Waals surface area contributed by atoms with Crippen LogP contribution in [0.4, 0.5) is 0 Å². The third-order valence-electron chi connectivity index (χ3n) is 3.21. The fourth-order valence-electron chi connectivity index (χ4n) is 2.26. The van der Waals surface area contributed by atoms with E-state index in [1.54, 1.807) is 11.7 Å². The van der Waals surface area contributed by atoms with E-state index in [4.69, 9.17) is 4.74 Å². The molecule has 0 amide bonds. The molecule has 0 spiro atoms. The molecule has 0 bridgehead atoms. The van der Waals surface area contributed by atoms with E-state index in [9.17, 15) is 9.90 Å². The number of aliphatic hydroxyl groups is 1. The smallest absolute Gasteiger partial charge is 0.257 e. The van der Waals surface area contributed by atoms with Crippen molar-refractivity contribution in [1.82, 2.24) is 9.55 Å². The molecule has 1 N–H and O–H groups in total. The summed E-state index contributed by atoms with van der Waals surface area (Å²) in [6.07, 6.45) is 1.47. The summed E-state index contributed by atoms with van der Waals surface area (Å²) >= 11 is 0. The van der Waals surface area contributed by atoms with Gasteiger partial charge in [0.1, 0.15) is 11.9 Å². The van der Waals surface area contributed by atoms with Crippen LogP contribution >= 0.6 is 0 Å². The quantitative estimate of drug-likeness (QED) is 0.836. The van der Waals surface area contributed by atoms with Crippen molar-refractivity contribution in [3.63, 3.8) is 0 Å². The third-order valence-corrected chi connectivity index (χ3v) is 3.21. The fraction of sp³-hybridized carbons (Fsp3) is 0.667. The van der Waals surface area contributed by atoms with Gasteiger partial charge in [0.2, 0.25) is 0 Å². The summed E-state index contributed by atoms with van der Waals surface area (Å²) < 4.78 is 6.60. The molecule has 1 atom stereocenters. The molecule has 5 heteroatoms. The van der Waals surface area contributed by atoms with Gasteiger partial charge in [0, 0.05) is 31.3 Å². The number of aromatic nitrogens is 2. The Hall–Kier alpha value is -1.20. The maximum atomic E-state index is 12.2. The molecule has 0 aliphatic carbocycles. The zero-order valence-corrected chi connectivity index (χ0v) is 10.3. The van der Waals surface area contributed by atoms with Crippen LogP contribution in [0.2, 0.25) is 0 Å². The molecule has 1 aromatic rings. The van der Waals surface area contributed by atoms with Gasteiger partial charge in [-0.2, -0.15) is 0 Å². The first-order chi connectivity index (χ1) is 8.15. The maximum Gasteiger partial charge on any atom is 0.257 e. The Bertz CT molecular complexity index is 468. The molecule has 0 saturated heterocycles. The molecular formula is C12H18N2O3. The normalized spacial score (nSPS) is 19.1. The lowest BCUT2D eigenvalue weighted by atomic mass is 10.1. The van der Waals surface area contributed by atoms with Crippen LogP contribution in [-0.4, -0.2) is 28.4 Å². The van der Waals surface area contributed by atoms with E-state index in [-0.39, 0.29) is 5.56 Å². The SMILES string of the molecule is COCCc1c(C)nc2n(c1=O)CCCC2O. The number of hydrogen-bond acceptors (Lipinski definition) is 4. The summed E-state index contributed by atoms with van der Waals surface area (Å²) in [7, 11) is 1.61. The van der Waals surface area contributed by atoms with Crippen molar-refractivity contribution < 1.29 is 9.84 Å². The second-order valence-corrected chi connectivity index (χ2v) is 4.39. The van der Waals surface area contributed by atoms with Gasteiger partial charge in [-0.3, -0.25) is 9.36 Å². The molecule has 1 unspecified atom stereocenters. The molecule has 1 aliphatic heterocycles. The van der Waals surface area contributed by atoms with Gasteiger partial charge in [-0.1, -0.05) is 0 Å². The van der Waals surface area contributed by atoms with Gasteiger partial charge in [-0.15, -0.1) is 0 Å². The molecule has 0 fully saturated rings. The summed E-state index contributed by atoms with van der Waals surface area (Å²) in [6.45, 7) is 2.98. The highest BCUT2D eigenvalue weighted by Crippen LogP contribution is 2.22. The summed E-state index contributed by atoms with van der Waals surface area (Å²) in [5, 5.41) is 9.83. The topological polar surface area (TPSA) is 64.4 Å². The van der Waals surface area contributed by atoms with Crippen LogP contribution in [0.25, 0.3) is 0 Å². The first kappa shape index (κ1) is 12.3. The number of aliphatic hydroxyl groups excluding tert-OH is 1. The van der Waals surface area contributed by atoms with Gasteiger partial charge in [-0.25, -0.2) is 4.98 Å². The minimum Gasteiger partial charge on any atom is -0.385 e. The van der Waals surface area contributed by atoms with E-state index in [0.29, 0.717) is 43.1 Å². The molecule has 5 nitrogen and oxygen atoms in total. The highest BCUT2D eigenvalue weighted by Gasteiger charge is 2.22. The van der Waals surface area contributed by atoms with Crippen molar-refractivity contribution in [2.24, 2.45) is 0 Å². The summed E-state index contributed by atoms with van der Waals surface area (Å²) in [5.41, 5.74) is 1.38. The van der Waals surface area contributed by atoms with Gasteiger partial charge in [0.15, 0.2) is 0 Å². The zero-order valence-electron chi connectivity index (χ0n) is 10.3. The van der Waals surface area contributed by atoms with Crippen molar-refractivity contribution in [3.8, 4) is 0 Å². The van der Waals surface area contributed by atoms with Gasteiger partial charge >= 0.3 is 0 Å². The highest BCUT2D eigenvalue weighted by molar-refractivity contribution is 5.19. The van der Waals surface area contributed by atoms with Crippen molar-refractivity contribution >= 4 is 0 Å². The van der Waals surface area contributed by atoms with Gasteiger partial charge in [0.25, 0.3) is 5.56 Å². The van der Waals surface area contributed by atoms with Crippen LogP contribution in [0.5, 0.6) is 0 Å². The Morgan fingerprint density at radius 2 is 2.35 bits per heavy atom. The Labute approximate surface area is 100 Å². The molecule has 0 radical (unpaired) electrons. The molecule has 94 valence electrons. The number of methoxy groups -OCH3 is 1. The van der Waals surface area contributed by atoms with E-state index < -0.39 is 6.10 Å². The van der Waals surface area contributed by atoms with E-state index in [1.165, 1.54) is 0 Å². The van der Waals surface area contributed by atoms with E-state index >= 15 is 0 Å². The van der Waals surface area contributed by atoms with Crippen molar-refractivity contribution in [2.75, 3.05) is 13.7 Å². The van der Waals surface area contributed by atoms with Crippen molar-refractivity contribution in [1.29, 1.82) is 0 Å². The minimum atomic E-state index is -0.605. The molecular weight excluding hydrogens is 220 g/mol. The number of aryl methyl sites for hydroxylation is 1. The van der Waals surface area contributed by atoms with Crippen LogP contribution in [0.3, 0.4) is 0 Å².